The van der Waals surface area contributed by atoms with E-state index in [1.807, 2.05) is 12.1 Å². The van der Waals surface area contributed by atoms with E-state index in [2.05, 4.69) is 20.1 Å². The molecular weight excluding hydrogens is 352 g/mol. The van der Waals surface area contributed by atoms with Crippen LogP contribution in [0, 0.1) is 11.8 Å². The number of hydrogen-bond acceptors (Lipinski definition) is 4. The number of amides is 2. The summed E-state index contributed by atoms with van der Waals surface area (Å²) in [7, 11) is 0. The van der Waals surface area contributed by atoms with Crippen LogP contribution in [-0.4, -0.2) is 58.8 Å². The highest BCUT2D eigenvalue weighted by Gasteiger charge is 2.33. The Kier molecular flexibility index (Phi) is 6.25. The van der Waals surface area contributed by atoms with Gasteiger partial charge in [0, 0.05) is 51.0 Å². The number of carbonyl (C=O) groups excluding carboxylic acids is 2. The highest BCUT2D eigenvalue weighted by atomic mass is 16.2. The number of nitrogens with one attached hydrogen (secondary N) is 1. The van der Waals surface area contributed by atoms with Gasteiger partial charge in [-0.1, -0.05) is 6.07 Å². The average Bonchev–Trinajstić information content (AvgIpc) is 3.57. The number of likely N-dealkylation sites (tertiary alicyclic amines) is 2. The Morgan fingerprint density at radius 2 is 1.93 bits per heavy atom. The van der Waals surface area contributed by atoms with Crippen molar-refractivity contribution in [3.8, 4) is 0 Å². The van der Waals surface area contributed by atoms with Gasteiger partial charge in [0.2, 0.25) is 11.8 Å². The second kappa shape index (κ2) is 9.03. The normalized spacial score (nSPS) is 24.1. The zero-order valence-corrected chi connectivity index (χ0v) is 16.7. The Morgan fingerprint density at radius 3 is 2.64 bits per heavy atom. The third-order valence-corrected chi connectivity index (χ3v) is 6.51. The zero-order chi connectivity index (χ0) is 19.3. The van der Waals surface area contributed by atoms with Gasteiger partial charge in [-0.15, -0.1) is 0 Å². The smallest absolute Gasteiger partial charge is 0.224 e. The molecule has 0 bridgehead atoms. The highest BCUT2D eigenvalue weighted by Crippen LogP contribution is 2.33. The SMILES string of the molecule is O=C(NCc1cccnc1)C1CCCN(C2CCN(C(=O)CC3CC3)CC2)C1. The molecule has 6 nitrogen and oxygen atoms in total. The molecule has 4 rings (SSSR count). The molecule has 1 saturated carbocycles. The first-order chi connectivity index (χ1) is 13.7. The van der Waals surface area contributed by atoms with E-state index in [1.165, 1.54) is 12.8 Å². The Hall–Kier alpha value is -1.95. The molecule has 1 atom stereocenters. The summed E-state index contributed by atoms with van der Waals surface area (Å²) in [5.41, 5.74) is 1.03. The summed E-state index contributed by atoms with van der Waals surface area (Å²) in [5, 5.41) is 3.08. The lowest BCUT2D eigenvalue weighted by Crippen LogP contribution is -2.51. The molecule has 152 valence electrons. The number of rotatable bonds is 6. The summed E-state index contributed by atoms with van der Waals surface area (Å²) in [6.07, 6.45) is 10.9. The maximum absolute atomic E-state index is 12.6. The van der Waals surface area contributed by atoms with Gasteiger partial charge in [0.1, 0.15) is 0 Å². The molecule has 1 aromatic rings. The first-order valence-electron chi connectivity index (χ1n) is 10.9. The van der Waals surface area contributed by atoms with Crippen molar-refractivity contribution < 1.29 is 9.59 Å². The van der Waals surface area contributed by atoms with Crippen LogP contribution in [-0.2, 0) is 16.1 Å². The monoisotopic (exact) mass is 384 g/mol. The molecule has 2 saturated heterocycles. The fourth-order valence-electron chi connectivity index (χ4n) is 4.57. The van der Waals surface area contributed by atoms with Crippen LogP contribution >= 0.6 is 0 Å². The van der Waals surface area contributed by atoms with Crippen LogP contribution in [0.4, 0.5) is 0 Å². The van der Waals surface area contributed by atoms with E-state index in [4.69, 9.17) is 0 Å². The summed E-state index contributed by atoms with van der Waals surface area (Å²) >= 11 is 0. The number of piperidine rings is 2. The molecule has 1 N–H and O–H groups in total. The molecule has 0 spiro atoms. The first kappa shape index (κ1) is 19.4. The van der Waals surface area contributed by atoms with Crippen molar-refractivity contribution in [2.24, 2.45) is 11.8 Å². The molecular formula is C22H32N4O2. The Labute approximate surface area is 167 Å². The maximum Gasteiger partial charge on any atom is 0.224 e. The molecule has 3 heterocycles. The van der Waals surface area contributed by atoms with Gasteiger partial charge in [0.15, 0.2) is 0 Å². The lowest BCUT2D eigenvalue weighted by atomic mass is 9.93. The van der Waals surface area contributed by atoms with E-state index in [-0.39, 0.29) is 11.8 Å². The van der Waals surface area contributed by atoms with E-state index in [1.54, 1.807) is 12.4 Å². The van der Waals surface area contributed by atoms with Crippen molar-refractivity contribution >= 4 is 11.8 Å². The van der Waals surface area contributed by atoms with Crippen molar-refractivity contribution in [1.82, 2.24) is 20.1 Å². The van der Waals surface area contributed by atoms with Crippen LogP contribution in [0.1, 0.15) is 50.5 Å². The lowest BCUT2D eigenvalue weighted by Gasteiger charge is -2.42. The first-order valence-corrected chi connectivity index (χ1v) is 10.9. The number of pyridine rings is 1. The van der Waals surface area contributed by atoms with Crippen molar-refractivity contribution in [2.75, 3.05) is 26.2 Å². The average molecular weight is 385 g/mol. The Balaban J connectivity index is 1.22. The van der Waals surface area contributed by atoms with Crippen molar-refractivity contribution in [3.05, 3.63) is 30.1 Å². The minimum absolute atomic E-state index is 0.0694. The number of hydrogen-bond donors (Lipinski definition) is 1. The fraction of sp³-hybridized carbons (Fsp3) is 0.682. The van der Waals surface area contributed by atoms with E-state index in [0.29, 0.717) is 24.4 Å². The van der Waals surface area contributed by atoms with Crippen LogP contribution in [0.15, 0.2) is 24.5 Å². The molecule has 2 amide bonds. The highest BCUT2D eigenvalue weighted by molar-refractivity contribution is 5.79. The van der Waals surface area contributed by atoms with Crippen molar-refractivity contribution in [2.45, 2.75) is 57.5 Å². The van der Waals surface area contributed by atoms with Gasteiger partial charge in [-0.05, 0) is 62.6 Å². The minimum atomic E-state index is 0.0694. The van der Waals surface area contributed by atoms with Gasteiger partial charge in [-0.25, -0.2) is 0 Å². The van der Waals surface area contributed by atoms with Crippen LogP contribution < -0.4 is 5.32 Å². The summed E-state index contributed by atoms with van der Waals surface area (Å²) in [6, 6.07) is 4.39. The summed E-state index contributed by atoms with van der Waals surface area (Å²) < 4.78 is 0. The fourth-order valence-corrected chi connectivity index (χ4v) is 4.57. The lowest BCUT2D eigenvalue weighted by molar-refractivity contribution is -0.133. The third-order valence-electron chi connectivity index (χ3n) is 6.51. The maximum atomic E-state index is 12.6. The van der Waals surface area contributed by atoms with Gasteiger partial charge >= 0.3 is 0 Å². The van der Waals surface area contributed by atoms with E-state index >= 15 is 0 Å². The molecule has 3 fully saturated rings. The largest absolute Gasteiger partial charge is 0.352 e. The van der Waals surface area contributed by atoms with E-state index in [9.17, 15) is 9.59 Å². The Bertz CT molecular complexity index is 668. The number of carbonyl (C=O) groups is 2. The predicted molar refractivity (Wildman–Crippen MR) is 107 cm³/mol. The van der Waals surface area contributed by atoms with Crippen LogP contribution in [0.3, 0.4) is 0 Å². The predicted octanol–water partition coefficient (Wildman–Crippen LogP) is 2.20. The molecule has 0 aromatic carbocycles. The van der Waals surface area contributed by atoms with Gasteiger partial charge < -0.3 is 10.2 Å². The van der Waals surface area contributed by atoms with Crippen LogP contribution in [0.2, 0.25) is 0 Å². The number of nitrogens with zero attached hydrogens (tertiary/aromatic N) is 3. The van der Waals surface area contributed by atoms with Gasteiger partial charge in [0.05, 0.1) is 5.92 Å². The van der Waals surface area contributed by atoms with Crippen molar-refractivity contribution in [1.29, 1.82) is 0 Å². The zero-order valence-electron chi connectivity index (χ0n) is 16.7. The third kappa shape index (κ3) is 5.10. The second-order valence-corrected chi connectivity index (χ2v) is 8.67. The summed E-state index contributed by atoms with van der Waals surface area (Å²) in [6.45, 7) is 4.23. The molecule has 2 aliphatic heterocycles. The molecule has 1 aromatic heterocycles. The number of aromatic nitrogens is 1. The van der Waals surface area contributed by atoms with E-state index in [0.717, 1.165) is 63.8 Å². The van der Waals surface area contributed by atoms with Crippen LogP contribution in [0.5, 0.6) is 0 Å². The Morgan fingerprint density at radius 1 is 1.11 bits per heavy atom. The molecule has 1 aliphatic carbocycles. The molecule has 28 heavy (non-hydrogen) atoms. The van der Waals surface area contributed by atoms with Crippen molar-refractivity contribution in [3.63, 3.8) is 0 Å². The van der Waals surface area contributed by atoms with E-state index < -0.39 is 0 Å². The molecule has 6 heteroatoms. The summed E-state index contributed by atoms with van der Waals surface area (Å²) in [5.74, 6) is 1.25. The summed E-state index contributed by atoms with van der Waals surface area (Å²) in [4.78, 5) is 33.6. The minimum Gasteiger partial charge on any atom is -0.352 e. The quantitative estimate of drug-likeness (QED) is 0.817. The van der Waals surface area contributed by atoms with Gasteiger partial charge in [-0.2, -0.15) is 0 Å². The van der Waals surface area contributed by atoms with Gasteiger partial charge in [-0.3, -0.25) is 19.5 Å². The van der Waals surface area contributed by atoms with Crippen LogP contribution in [0.25, 0.3) is 0 Å². The molecule has 0 radical (unpaired) electrons. The second-order valence-electron chi connectivity index (χ2n) is 8.67. The topological polar surface area (TPSA) is 65.5 Å². The molecule has 1 unspecified atom stereocenters. The standard InChI is InChI=1S/C22H32N4O2/c27-21(13-17-5-6-17)25-11-7-20(8-12-25)26-10-2-4-19(16-26)22(28)24-15-18-3-1-9-23-14-18/h1,3,9,14,17,19-20H,2,4-8,10-13,15-16H2,(H,24,28). The molecule has 3 aliphatic rings. The van der Waals surface area contributed by atoms with Gasteiger partial charge in [0.25, 0.3) is 0 Å².